The van der Waals surface area contributed by atoms with Crippen molar-refractivity contribution in [1.82, 2.24) is 0 Å². The zero-order valence-electron chi connectivity index (χ0n) is 11.4. The van der Waals surface area contributed by atoms with E-state index in [1.165, 1.54) is 18.2 Å². The molecule has 21 heavy (non-hydrogen) atoms. The van der Waals surface area contributed by atoms with Crippen LogP contribution in [0.4, 0.5) is 14.5 Å². The van der Waals surface area contributed by atoms with Crippen molar-refractivity contribution in [2.75, 3.05) is 5.32 Å². The van der Waals surface area contributed by atoms with Gasteiger partial charge in [-0.15, -0.1) is 0 Å². The fraction of sp³-hybridized carbons (Fsp3) is 0.133. The monoisotopic (exact) mass is 291 g/mol. The van der Waals surface area contributed by atoms with E-state index in [1.54, 1.807) is 25.1 Å². The average Bonchev–Trinajstić information content (AvgIpc) is 2.47. The lowest BCUT2D eigenvalue weighted by molar-refractivity contribution is 0.318. The number of nitrogens with zero attached hydrogens (tertiary/aromatic N) is 1. The number of hydrogen-bond donors (Lipinski definition) is 3. The molecule has 0 bridgehead atoms. The van der Waals surface area contributed by atoms with Crippen molar-refractivity contribution in [3.63, 3.8) is 0 Å². The largest absolute Gasteiger partial charge is 0.409 e. The van der Waals surface area contributed by atoms with E-state index in [1.807, 2.05) is 0 Å². The summed E-state index contributed by atoms with van der Waals surface area (Å²) >= 11 is 0. The number of aryl methyl sites for hydroxylation is 1. The molecule has 110 valence electrons. The molecule has 4 N–H and O–H groups in total. The van der Waals surface area contributed by atoms with Crippen LogP contribution in [0.25, 0.3) is 0 Å². The maximum absolute atomic E-state index is 13.5. The third-order valence-corrected chi connectivity index (χ3v) is 3.03. The lowest BCUT2D eigenvalue weighted by atomic mass is 10.1. The van der Waals surface area contributed by atoms with Crippen LogP contribution in [-0.2, 0) is 6.54 Å². The summed E-state index contributed by atoms with van der Waals surface area (Å²) in [6, 6.07) is 8.86. The molecule has 0 fully saturated rings. The number of halogens is 2. The van der Waals surface area contributed by atoms with Gasteiger partial charge in [0.2, 0.25) is 0 Å². The van der Waals surface area contributed by atoms with Crippen LogP contribution in [0.1, 0.15) is 16.7 Å². The summed E-state index contributed by atoms with van der Waals surface area (Å²) in [5.74, 6) is -0.972. The maximum Gasteiger partial charge on any atom is 0.170 e. The molecule has 2 aromatic carbocycles. The van der Waals surface area contributed by atoms with Gasteiger partial charge in [-0.25, -0.2) is 8.78 Å². The van der Waals surface area contributed by atoms with Crippen molar-refractivity contribution < 1.29 is 14.0 Å². The van der Waals surface area contributed by atoms with Crippen LogP contribution in [0.5, 0.6) is 0 Å². The highest BCUT2D eigenvalue weighted by Crippen LogP contribution is 2.16. The topological polar surface area (TPSA) is 70.6 Å². The number of nitrogens with two attached hydrogens (primary N) is 1. The maximum atomic E-state index is 13.5. The molecule has 4 nitrogen and oxygen atoms in total. The fourth-order valence-corrected chi connectivity index (χ4v) is 1.87. The SMILES string of the molecule is Cc1ccc(NCc2cc(F)cc(/C(N)=N/O)c2)cc1F. The molecular weight excluding hydrogens is 276 g/mol. The molecular formula is C15H15F2N3O. The van der Waals surface area contributed by atoms with Gasteiger partial charge in [0.1, 0.15) is 11.6 Å². The highest BCUT2D eigenvalue weighted by Gasteiger charge is 2.05. The fourth-order valence-electron chi connectivity index (χ4n) is 1.87. The summed E-state index contributed by atoms with van der Waals surface area (Å²) in [5.41, 5.74) is 7.46. The Hall–Kier alpha value is -2.63. The van der Waals surface area contributed by atoms with Crippen LogP contribution in [0.3, 0.4) is 0 Å². The molecule has 0 heterocycles. The first-order valence-corrected chi connectivity index (χ1v) is 6.27. The van der Waals surface area contributed by atoms with Crippen LogP contribution >= 0.6 is 0 Å². The van der Waals surface area contributed by atoms with Gasteiger partial charge in [-0.2, -0.15) is 0 Å². The predicted octanol–water partition coefficient (Wildman–Crippen LogP) is 2.98. The zero-order valence-corrected chi connectivity index (χ0v) is 11.4. The van der Waals surface area contributed by atoms with Crippen molar-refractivity contribution in [2.24, 2.45) is 10.9 Å². The van der Waals surface area contributed by atoms with E-state index >= 15 is 0 Å². The number of anilines is 1. The third-order valence-electron chi connectivity index (χ3n) is 3.03. The quantitative estimate of drug-likeness (QED) is 0.351. The van der Waals surface area contributed by atoms with Crippen molar-refractivity contribution in [3.8, 4) is 0 Å². The van der Waals surface area contributed by atoms with Crippen molar-refractivity contribution >= 4 is 11.5 Å². The van der Waals surface area contributed by atoms with Gasteiger partial charge in [0.25, 0.3) is 0 Å². The Labute approximate surface area is 120 Å². The summed E-state index contributed by atoms with van der Waals surface area (Å²) in [7, 11) is 0. The van der Waals surface area contributed by atoms with Gasteiger partial charge in [0.05, 0.1) is 0 Å². The van der Waals surface area contributed by atoms with Crippen molar-refractivity contribution in [1.29, 1.82) is 0 Å². The Morgan fingerprint density at radius 3 is 2.67 bits per heavy atom. The number of nitrogens with one attached hydrogen (secondary N) is 1. The molecule has 0 atom stereocenters. The van der Waals surface area contributed by atoms with Crippen molar-refractivity contribution in [2.45, 2.75) is 13.5 Å². The van der Waals surface area contributed by atoms with Crippen LogP contribution in [0, 0.1) is 18.6 Å². The van der Waals surface area contributed by atoms with Gasteiger partial charge in [-0.05, 0) is 48.4 Å². The molecule has 2 rings (SSSR count). The van der Waals surface area contributed by atoms with Gasteiger partial charge in [0.15, 0.2) is 5.84 Å². The highest BCUT2D eigenvalue weighted by atomic mass is 19.1. The highest BCUT2D eigenvalue weighted by molar-refractivity contribution is 5.97. The second kappa shape index (κ2) is 6.21. The van der Waals surface area contributed by atoms with E-state index in [4.69, 9.17) is 10.9 Å². The number of benzene rings is 2. The molecule has 2 aromatic rings. The minimum absolute atomic E-state index is 0.169. The molecule has 0 unspecified atom stereocenters. The molecule has 0 aliphatic rings. The van der Waals surface area contributed by atoms with E-state index in [9.17, 15) is 8.78 Å². The standard InChI is InChI=1S/C15H15F2N3O/c1-9-2-3-13(7-14(9)17)19-8-10-4-11(15(18)20-21)6-12(16)5-10/h2-7,19,21H,8H2,1H3,(H2,18,20). The summed E-state index contributed by atoms with van der Waals surface area (Å²) in [5, 5.41) is 14.4. The Bertz CT molecular complexity index is 687. The van der Waals surface area contributed by atoms with Crippen LogP contribution in [0.15, 0.2) is 41.6 Å². The molecule has 0 radical (unpaired) electrons. The second-order valence-corrected chi connectivity index (χ2v) is 4.65. The minimum atomic E-state index is -0.494. The molecule has 0 aliphatic carbocycles. The number of oxime groups is 1. The van der Waals surface area contributed by atoms with E-state index in [2.05, 4.69) is 10.5 Å². The zero-order chi connectivity index (χ0) is 15.4. The normalized spacial score (nSPS) is 11.5. The molecule has 0 saturated heterocycles. The molecule has 0 spiro atoms. The lowest BCUT2D eigenvalue weighted by Gasteiger charge is -2.09. The lowest BCUT2D eigenvalue weighted by Crippen LogP contribution is -2.14. The van der Waals surface area contributed by atoms with E-state index in [0.29, 0.717) is 16.8 Å². The predicted molar refractivity (Wildman–Crippen MR) is 77.4 cm³/mol. The van der Waals surface area contributed by atoms with Crippen LogP contribution in [0.2, 0.25) is 0 Å². The first-order chi connectivity index (χ1) is 9.99. The van der Waals surface area contributed by atoms with Gasteiger partial charge in [0, 0.05) is 17.8 Å². The molecule has 0 saturated carbocycles. The van der Waals surface area contributed by atoms with Gasteiger partial charge < -0.3 is 16.3 Å². The average molecular weight is 291 g/mol. The smallest absolute Gasteiger partial charge is 0.170 e. The summed E-state index contributed by atoms with van der Waals surface area (Å²) < 4.78 is 26.9. The van der Waals surface area contributed by atoms with E-state index in [0.717, 1.165) is 0 Å². The minimum Gasteiger partial charge on any atom is -0.409 e. The summed E-state index contributed by atoms with van der Waals surface area (Å²) in [4.78, 5) is 0. The Morgan fingerprint density at radius 2 is 2.00 bits per heavy atom. The second-order valence-electron chi connectivity index (χ2n) is 4.65. The molecule has 0 aromatic heterocycles. The molecule has 6 heteroatoms. The van der Waals surface area contributed by atoms with Gasteiger partial charge in [-0.1, -0.05) is 11.2 Å². The third kappa shape index (κ3) is 3.68. The Balaban J connectivity index is 2.16. The van der Waals surface area contributed by atoms with Gasteiger partial charge in [-0.3, -0.25) is 0 Å². The summed E-state index contributed by atoms with van der Waals surface area (Å²) in [6.45, 7) is 1.96. The van der Waals surface area contributed by atoms with Gasteiger partial charge >= 0.3 is 0 Å². The van der Waals surface area contributed by atoms with E-state index in [-0.39, 0.29) is 23.8 Å². The first kappa shape index (κ1) is 14.8. The number of rotatable bonds is 4. The Kier molecular flexibility index (Phi) is 4.37. The van der Waals surface area contributed by atoms with E-state index < -0.39 is 5.82 Å². The van der Waals surface area contributed by atoms with Crippen LogP contribution in [-0.4, -0.2) is 11.0 Å². The number of amidine groups is 1. The molecule has 0 aliphatic heterocycles. The molecule has 0 amide bonds. The number of hydrogen-bond acceptors (Lipinski definition) is 3. The summed E-state index contributed by atoms with van der Waals surface area (Å²) in [6.07, 6.45) is 0. The van der Waals surface area contributed by atoms with Crippen LogP contribution < -0.4 is 11.1 Å². The van der Waals surface area contributed by atoms with Crippen molar-refractivity contribution in [3.05, 3.63) is 64.7 Å². The first-order valence-electron chi connectivity index (χ1n) is 6.27. The Morgan fingerprint density at radius 1 is 1.24 bits per heavy atom.